The van der Waals surface area contributed by atoms with Gasteiger partial charge in [0.25, 0.3) is 5.91 Å². The molecule has 0 bridgehead atoms. The number of hydrogen-bond acceptors (Lipinski definition) is 2. The minimum atomic E-state index is -0.546. The number of aryl methyl sites for hydroxylation is 3. The first-order valence-corrected chi connectivity index (χ1v) is 8.09. The summed E-state index contributed by atoms with van der Waals surface area (Å²) in [6.45, 7) is 7.81. The lowest BCUT2D eigenvalue weighted by Crippen LogP contribution is -2.32. The number of benzene rings is 2. The van der Waals surface area contributed by atoms with Crippen LogP contribution in [0.25, 0.3) is 0 Å². The van der Waals surface area contributed by atoms with Crippen molar-refractivity contribution in [2.24, 2.45) is 0 Å². The Hall–Kier alpha value is -2.00. The molecule has 0 saturated carbocycles. The summed E-state index contributed by atoms with van der Waals surface area (Å²) in [7, 11) is 0. The van der Waals surface area contributed by atoms with Crippen molar-refractivity contribution in [3.05, 3.63) is 58.1 Å². The molecule has 122 valence electrons. The van der Waals surface area contributed by atoms with Gasteiger partial charge >= 0.3 is 0 Å². The van der Waals surface area contributed by atoms with Gasteiger partial charge < -0.3 is 10.1 Å². The number of halogens is 1. The molecule has 23 heavy (non-hydrogen) atoms. The zero-order valence-corrected chi connectivity index (χ0v) is 14.7. The van der Waals surface area contributed by atoms with Gasteiger partial charge in [0, 0.05) is 10.7 Å². The average molecular weight is 332 g/mol. The molecule has 0 spiro atoms. The van der Waals surface area contributed by atoms with Crippen molar-refractivity contribution in [2.45, 2.75) is 40.2 Å². The van der Waals surface area contributed by atoms with Gasteiger partial charge in [0.05, 0.1) is 0 Å². The summed E-state index contributed by atoms with van der Waals surface area (Å²) in [5.74, 6) is 0.503. The molecule has 0 radical (unpaired) electrons. The number of amides is 1. The molecule has 0 fully saturated rings. The predicted octanol–water partition coefficient (Wildman–Crippen LogP) is 5.06. The summed E-state index contributed by atoms with van der Waals surface area (Å²) in [6, 6.07) is 11.4. The van der Waals surface area contributed by atoms with E-state index in [-0.39, 0.29) is 5.91 Å². The fourth-order valence-electron chi connectivity index (χ4n) is 2.26. The minimum absolute atomic E-state index is 0.145. The molecular formula is C19H22ClNO2. The number of hydrogen-bond donors (Lipinski definition) is 1. The summed E-state index contributed by atoms with van der Waals surface area (Å²) in [4.78, 5) is 12.5. The van der Waals surface area contributed by atoms with Gasteiger partial charge in [-0.1, -0.05) is 30.7 Å². The van der Waals surface area contributed by atoms with Gasteiger partial charge in [0.15, 0.2) is 6.10 Å². The largest absolute Gasteiger partial charge is 0.481 e. The third-order valence-corrected chi connectivity index (χ3v) is 4.15. The van der Waals surface area contributed by atoms with Crippen LogP contribution in [0.1, 0.15) is 30.0 Å². The summed E-state index contributed by atoms with van der Waals surface area (Å²) in [5.41, 5.74) is 3.88. The summed E-state index contributed by atoms with van der Waals surface area (Å²) < 4.78 is 5.83. The van der Waals surface area contributed by atoms with Crippen molar-refractivity contribution in [1.82, 2.24) is 0 Å². The predicted molar refractivity (Wildman–Crippen MR) is 95.4 cm³/mol. The maximum atomic E-state index is 12.5. The highest BCUT2D eigenvalue weighted by atomic mass is 35.5. The van der Waals surface area contributed by atoms with E-state index >= 15 is 0 Å². The highest BCUT2D eigenvalue weighted by Crippen LogP contribution is 2.23. The van der Waals surface area contributed by atoms with Gasteiger partial charge in [-0.15, -0.1) is 0 Å². The topological polar surface area (TPSA) is 38.3 Å². The van der Waals surface area contributed by atoms with E-state index < -0.39 is 6.10 Å². The first-order chi connectivity index (χ1) is 10.9. The van der Waals surface area contributed by atoms with Crippen molar-refractivity contribution in [3.8, 4) is 5.75 Å². The van der Waals surface area contributed by atoms with Crippen LogP contribution in [0, 0.1) is 20.8 Å². The Morgan fingerprint density at radius 3 is 2.52 bits per heavy atom. The lowest BCUT2D eigenvalue weighted by atomic mass is 10.1. The van der Waals surface area contributed by atoms with Crippen LogP contribution in [-0.4, -0.2) is 12.0 Å². The zero-order chi connectivity index (χ0) is 17.0. The van der Waals surface area contributed by atoms with Gasteiger partial charge in [-0.25, -0.2) is 0 Å². The van der Waals surface area contributed by atoms with Gasteiger partial charge in [0.2, 0.25) is 0 Å². The van der Waals surface area contributed by atoms with Crippen LogP contribution in [0.3, 0.4) is 0 Å². The second-order valence-electron chi connectivity index (χ2n) is 5.73. The summed E-state index contributed by atoms with van der Waals surface area (Å²) >= 11 is 6.02. The molecule has 1 N–H and O–H groups in total. The Morgan fingerprint density at radius 2 is 1.87 bits per heavy atom. The van der Waals surface area contributed by atoms with E-state index in [9.17, 15) is 4.79 Å². The van der Waals surface area contributed by atoms with E-state index in [0.29, 0.717) is 17.2 Å². The Kier molecular flexibility index (Phi) is 5.67. The lowest BCUT2D eigenvalue weighted by molar-refractivity contribution is -0.122. The van der Waals surface area contributed by atoms with Gasteiger partial charge in [0.1, 0.15) is 5.75 Å². The third-order valence-electron chi connectivity index (χ3n) is 3.72. The molecule has 0 aromatic heterocycles. The molecule has 0 aliphatic rings. The molecule has 2 aromatic rings. The fraction of sp³-hybridized carbons (Fsp3) is 0.316. The summed E-state index contributed by atoms with van der Waals surface area (Å²) in [5, 5.41) is 3.64. The molecule has 2 aromatic carbocycles. The molecule has 4 heteroatoms. The van der Waals surface area contributed by atoms with Crippen LogP contribution in [0.15, 0.2) is 36.4 Å². The molecule has 2 rings (SSSR count). The fourth-order valence-corrected chi connectivity index (χ4v) is 2.38. The molecular weight excluding hydrogens is 310 g/mol. The van der Waals surface area contributed by atoms with Crippen LogP contribution < -0.4 is 10.1 Å². The van der Waals surface area contributed by atoms with Crippen molar-refractivity contribution in [2.75, 3.05) is 5.32 Å². The lowest BCUT2D eigenvalue weighted by Gasteiger charge is -2.18. The number of anilines is 1. The zero-order valence-electron chi connectivity index (χ0n) is 13.9. The van der Waals surface area contributed by atoms with Crippen LogP contribution in [0.4, 0.5) is 5.69 Å². The van der Waals surface area contributed by atoms with Crippen molar-refractivity contribution >= 4 is 23.2 Å². The summed E-state index contributed by atoms with van der Waals surface area (Å²) in [6.07, 6.45) is 0.0359. The first-order valence-electron chi connectivity index (χ1n) is 7.71. The molecule has 0 unspecified atom stereocenters. The highest BCUT2D eigenvalue weighted by Gasteiger charge is 2.19. The van der Waals surface area contributed by atoms with Crippen LogP contribution in [0.5, 0.6) is 5.75 Å². The molecule has 0 heterocycles. The SMILES string of the molecule is CC[C@@H](Oc1ccc(Cl)c(C)c1)C(=O)Nc1cc(C)ccc1C. The molecule has 0 saturated heterocycles. The molecule has 1 atom stereocenters. The van der Waals surface area contributed by atoms with Gasteiger partial charge in [-0.3, -0.25) is 4.79 Å². The van der Waals surface area contributed by atoms with Crippen molar-refractivity contribution in [1.29, 1.82) is 0 Å². The second-order valence-corrected chi connectivity index (χ2v) is 6.14. The van der Waals surface area contributed by atoms with E-state index in [0.717, 1.165) is 22.4 Å². The van der Waals surface area contributed by atoms with E-state index in [1.165, 1.54) is 0 Å². The van der Waals surface area contributed by atoms with E-state index in [4.69, 9.17) is 16.3 Å². The number of carbonyl (C=O) groups is 1. The monoisotopic (exact) mass is 331 g/mol. The number of ether oxygens (including phenoxy) is 1. The smallest absolute Gasteiger partial charge is 0.265 e. The normalized spacial score (nSPS) is 11.9. The van der Waals surface area contributed by atoms with Gasteiger partial charge in [-0.05, 0) is 68.1 Å². The standard InChI is InChI=1S/C19H22ClNO2/c1-5-18(23-15-8-9-16(20)14(4)11-15)19(22)21-17-10-12(2)6-7-13(17)3/h6-11,18H,5H2,1-4H3,(H,21,22)/t18-/m1/s1. The molecule has 0 aliphatic heterocycles. The highest BCUT2D eigenvalue weighted by molar-refractivity contribution is 6.31. The first kappa shape index (κ1) is 17.4. The van der Waals surface area contributed by atoms with Gasteiger partial charge in [-0.2, -0.15) is 0 Å². The van der Waals surface area contributed by atoms with Crippen LogP contribution in [0.2, 0.25) is 5.02 Å². The maximum absolute atomic E-state index is 12.5. The number of carbonyl (C=O) groups excluding carboxylic acids is 1. The molecule has 0 aliphatic carbocycles. The van der Waals surface area contributed by atoms with Crippen LogP contribution >= 0.6 is 11.6 Å². The Labute approximate surface area is 142 Å². The third kappa shape index (κ3) is 4.49. The number of nitrogens with one attached hydrogen (secondary N) is 1. The average Bonchev–Trinajstić information content (AvgIpc) is 2.51. The Morgan fingerprint density at radius 1 is 1.13 bits per heavy atom. The van der Waals surface area contributed by atoms with E-state index in [1.807, 2.05) is 52.0 Å². The molecule has 1 amide bonds. The van der Waals surface area contributed by atoms with Crippen molar-refractivity contribution < 1.29 is 9.53 Å². The van der Waals surface area contributed by atoms with E-state index in [1.54, 1.807) is 12.1 Å². The Balaban J connectivity index is 2.11. The molecule has 3 nitrogen and oxygen atoms in total. The maximum Gasteiger partial charge on any atom is 0.265 e. The Bertz CT molecular complexity index is 713. The quantitative estimate of drug-likeness (QED) is 0.831. The number of rotatable bonds is 5. The van der Waals surface area contributed by atoms with E-state index in [2.05, 4.69) is 5.32 Å². The minimum Gasteiger partial charge on any atom is -0.481 e. The van der Waals surface area contributed by atoms with Crippen molar-refractivity contribution in [3.63, 3.8) is 0 Å². The second kappa shape index (κ2) is 7.51. The van der Waals surface area contributed by atoms with Crippen LogP contribution in [-0.2, 0) is 4.79 Å².